The molecule has 12 N–H and O–H groups in total. The van der Waals surface area contributed by atoms with Crippen LogP contribution in [-0.2, 0) is 56.0 Å². The first-order chi connectivity index (χ1) is 52.9. The molecule has 0 saturated carbocycles. The number of nitrogens with one attached hydrogen (secondary N) is 12. The molecule has 3 aromatic carbocycles. The molecule has 6 aliphatic rings. The Balaban J connectivity index is 1.08. The van der Waals surface area contributed by atoms with Crippen molar-refractivity contribution in [2.24, 2.45) is 16.2 Å². The minimum absolute atomic E-state index is 0.0844. The van der Waals surface area contributed by atoms with Crippen molar-refractivity contribution in [1.82, 2.24) is 78.5 Å². The van der Waals surface area contributed by atoms with Gasteiger partial charge in [0.2, 0.25) is 53.2 Å². The molecule has 9 rings (SSSR count). The zero-order valence-electron chi connectivity index (χ0n) is 68.1. The number of aryl methyl sites for hydroxylation is 2. The van der Waals surface area contributed by atoms with E-state index in [4.69, 9.17) is 0 Å². The molecule has 0 unspecified atom stereocenters. The second-order valence-electron chi connectivity index (χ2n) is 34.5. The summed E-state index contributed by atoms with van der Waals surface area (Å²) in [5, 5.41) is 36.2. The molecular formula is C85H121N15O12. The number of nitrogens with zero attached hydrogens (tertiary/aromatic N) is 3. The molecule has 12 amide bonds. The van der Waals surface area contributed by atoms with Gasteiger partial charge < -0.3 is 78.5 Å². The van der Waals surface area contributed by atoms with Crippen molar-refractivity contribution in [3.63, 3.8) is 0 Å². The topological polar surface area (TPSA) is 359 Å². The average Bonchev–Trinajstić information content (AvgIpc) is 1.62. The van der Waals surface area contributed by atoms with Gasteiger partial charge >= 0.3 is 0 Å². The number of allylic oxidation sites excluding steroid dienone is 3. The number of likely N-dealkylation sites (tertiary alicyclic amines) is 3. The van der Waals surface area contributed by atoms with Crippen LogP contribution in [0, 0.1) is 16.2 Å². The number of carbonyl (C=O) groups excluding carboxylic acids is 12. The van der Waals surface area contributed by atoms with E-state index in [1.807, 2.05) is 66.8 Å². The maximum atomic E-state index is 15.4. The van der Waals surface area contributed by atoms with Gasteiger partial charge in [0.15, 0.2) is 0 Å². The van der Waals surface area contributed by atoms with Crippen LogP contribution in [0.25, 0.3) is 0 Å². The summed E-state index contributed by atoms with van der Waals surface area (Å²) in [6, 6.07) is 6.51. The smallest absolute Gasteiger partial charge is 0.251 e. The van der Waals surface area contributed by atoms with Crippen LogP contribution in [0.5, 0.6) is 0 Å². The lowest BCUT2D eigenvalue weighted by molar-refractivity contribution is -0.144. The van der Waals surface area contributed by atoms with E-state index in [0.29, 0.717) is 24.8 Å². The van der Waals surface area contributed by atoms with E-state index in [0.717, 1.165) is 67.2 Å². The Labute approximate surface area is 660 Å². The summed E-state index contributed by atoms with van der Waals surface area (Å²) >= 11 is 0. The number of hydrogen-bond donors (Lipinski definition) is 12. The fraction of sp³-hybridized carbons (Fsp3) is 0.576. The first-order valence-corrected chi connectivity index (χ1v) is 39.9. The second-order valence-corrected chi connectivity index (χ2v) is 34.5. The molecule has 27 heteroatoms. The van der Waals surface area contributed by atoms with E-state index >= 15 is 33.6 Å². The van der Waals surface area contributed by atoms with Gasteiger partial charge in [-0.25, -0.2) is 0 Å². The number of benzene rings is 3. The molecule has 3 fully saturated rings. The Morgan fingerprint density at radius 2 is 0.741 bits per heavy atom. The Morgan fingerprint density at radius 3 is 1.07 bits per heavy atom. The number of carbonyl (C=O) groups is 12. The van der Waals surface area contributed by atoms with E-state index in [9.17, 15) is 24.0 Å². The minimum Gasteiger partial charge on any atom is -0.348 e. The molecule has 0 bridgehead atoms. The monoisotopic (exact) mass is 1540 g/mol. The fourth-order valence-electron chi connectivity index (χ4n) is 15.8. The van der Waals surface area contributed by atoms with E-state index in [2.05, 4.69) is 76.5 Å². The van der Waals surface area contributed by atoms with Crippen molar-refractivity contribution >= 4 is 70.9 Å². The van der Waals surface area contributed by atoms with Crippen LogP contribution >= 0.6 is 0 Å². The first kappa shape index (κ1) is 86.4. The van der Waals surface area contributed by atoms with Gasteiger partial charge in [-0.1, -0.05) is 148 Å². The van der Waals surface area contributed by atoms with Crippen molar-refractivity contribution < 1.29 is 57.5 Å². The predicted molar refractivity (Wildman–Crippen MR) is 429 cm³/mol. The Hall–Kier alpha value is -9.60. The molecule has 0 radical (unpaired) electrons. The normalized spacial score (nSPS) is 24.2. The predicted octanol–water partition coefficient (Wildman–Crippen LogP) is 5.32. The third-order valence-corrected chi connectivity index (χ3v) is 22.9. The van der Waals surface area contributed by atoms with Gasteiger partial charge in [-0.3, -0.25) is 57.5 Å². The lowest BCUT2D eigenvalue weighted by Crippen LogP contribution is -2.60. The van der Waals surface area contributed by atoms with Gasteiger partial charge in [0.1, 0.15) is 36.3 Å². The van der Waals surface area contributed by atoms with E-state index < -0.39 is 166 Å². The van der Waals surface area contributed by atoms with E-state index in [-0.39, 0.29) is 67.7 Å². The van der Waals surface area contributed by atoms with Crippen molar-refractivity contribution in [1.29, 1.82) is 0 Å². The van der Waals surface area contributed by atoms with Crippen molar-refractivity contribution in [2.45, 2.75) is 257 Å². The van der Waals surface area contributed by atoms with Crippen molar-refractivity contribution in [2.75, 3.05) is 40.8 Å². The highest BCUT2D eigenvalue weighted by molar-refractivity contribution is 6.06. The van der Waals surface area contributed by atoms with E-state index in [1.165, 1.54) is 32.9 Å². The highest BCUT2D eigenvalue weighted by Gasteiger charge is 2.50. The molecule has 3 aliphatic carbocycles. The van der Waals surface area contributed by atoms with Crippen LogP contribution in [0.3, 0.4) is 0 Å². The molecule has 0 spiro atoms. The van der Waals surface area contributed by atoms with Crippen LogP contribution in [0.4, 0.5) is 0 Å². The molecule has 112 heavy (non-hydrogen) atoms. The van der Waals surface area contributed by atoms with Crippen LogP contribution in [0.1, 0.15) is 219 Å². The zero-order chi connectivity index (χ0) is 81.8. The van der Waals surface area contributed by atoms with Gasteiger partial charge in [0, 0.05) is 54.5 Å². The third kappa shape index (κ3) is 21.4. The second kappa shape index (κ2) is 37.4. The van der Waals surface area contributed by atoms with Crippen LogP contribution in [0.15, 0.2) is 103 Å². The summed E-state index contributed by atoms with van der Waals surface area (Å²) in [6.45, 7) is 24.8. The summed E-state index contributed by atoms with van der Waals surface area (Å²) in [6.07, 6.45) is 14.9. The highest BCUT2D eigenvalue weighted by Crippen LogP contribution is 2.36. The fourth-order valence-corrected chi connectivity index (χ4v) is 15.8. The van der Waals surface area contributed by atoms with Gasteiger partial charge in [-0.15, -0.1) is 0 Å². The van der Waals surface area contributed by atoms with Gasteiger partial charge in [0.05, 0.1) is 36.3 Å². The number of rotatable bonds is 24. The van der Waals surface area contributed by atoms with Gasteiger partial charge in [-0.2, -0.15) is 0 Å². The molecule has 3 aliphatic heterocycles. The summed E-state index contributed by atoms with van der Waals surface area (Å²) in [7, 11) is 4.86. The summed E-state index contributed by atoms with van der Waals surface area (Å²) < 4.78 is 0. The Bertz CT molecular complexity index is 3900. The maximum Gasteiger partial charge on any atom is 0.251 e. The lowest BCUT2D eigenvalue weighted by Gasteiger charge is -2.36. The molecule has 15 atom stereocenters. The standard InChI is InChI=1S/C85H121N15O12/c1-48-29-21-19-17-18-20-22-36-62(48)92-77(107)65-42-57(45-98(65)80(110)68(83(5,6)7)95-71(101)49(2)86-14)89-74(104)54-39-55(75(105)90-58-43-66(78(108)93-63-37-27-32-52-30-23-25-34-60(52)63)99(46-58)81(111)69(84(8,9)10)96-72(102)50(3)87-15)41-56(40-54)76(106)91-59-44-67(79(109)94-64-38-28-33-53-31-24-26-35-61(53)64)100(47-59)82(112)70(85(11,12)13)97-73(103)51(4)88-16/h17,19,21,23-26,29-31,34-35,39-41,49-51,57-59,62-70,86-88H,1,18,20,22,27-28,32-33,36-38,42-47H2,2-16H3,(H,89,104)(H,90,105)(H,91,106)(H,92,107)(H,93,108)(H,94,109)(H,95,101)(H,96,102)(H,97,103)/b19-17-,29-21-/t49-,50-,51-,57-,58-,59-,62+,63+,64+,65-,66-,67-,68+,69+,70+/m0/s1. The van der Waals surface area contributed by atoms with Crippen LogP contribution in [0.2, 0.25) is 0 Å². The molecular weight excluding hydrogens is 1420 g/mol. The summed E-state index contributed by atoms with van der Waals surface area (Å²) in [4.78, 5) is 182. The average molecular weight is 1540 g/mol. The quantitative estimate of drug-likeness (QED) is 0.0540. The molecule has 27 nitrogen and oxygen atoms in total. The van der Waals surface area contributed by atoms with E-state index in [1.54, 1.807) is 104 Å². The molecule has 3 heterocycles. The summed E-state index contributed by atoms with van der Waals surface area (Å²) in [5.74, 6) is -6.93. The SMILES string of the molecule is C=C1/C=C\C=C/CCCC[C@H]1NC(=O)[C@@H]1C[C@H](NC(=O)c2cc(C(=O)N[C@H]3C[C@@H](C(=O)N[C@@H]4CCCc5ccccc54)N(C(=O)[C@@H](NC(=O)[C@H](C)NC)C(C)(C)C)C3)cc(C(=O)N[C@H]3C[C@@H](C(=O)N[C@@H]4CCCc5ccccc54)N(C(=O)[C@@H](NC(=O)[C@H](C)NC)C(C)(C)C)C3)c2)CN1C(=O)[C@@H](NC(=O)[C@H](C)NC)C(C)(C)C. The molecule has 3 aromatic rings. The number of fused-ring (bicyclic) bond motifs is 2. The van der Waals surface area contributed by atoms with Crippen LogP contribution < -0.4 is 63.8 Å². The maximum absolute atomic E-state index is 15.4. The largest absolute Gasteiger partial charge is 0.348 e. The molecule has 0 aromatic heterocycles. The molecule has 608 valence electrons. The third-order valence-electron chi connectivity index (χ3n) is 22.9. The molecule has 3 saturated heterocycles. The first-order valence-electron chi connectivity index (χ1n) is 39.9. The zero-order valence-corrected chi connectivity index (χ0v) is 68.1. The van der Waals surface area contributed by atoms with Gasteiger partial charge in [-0.05, 0) is 181 Å². The Morgan fingerprint density at radius 1 is 0.420 bits per heavy atom. The number of likely N-dealkylation sites (N-methyl/N-ethyl adjacent to an activating group) is 3. The van der Waals surface area contributed by atoms with Gasteiger partial charge in [0.25, 0.3) is 17.7 Å². The van der Waals surface area contributed by atoms with Crippen molar-refractivity contribution in [3.05, 3.63) is 142 Å². The minimum atomic E-state index is -1.19. The Kier molecular flexibility index (Phi) is 28.8. The lowest BCUT2D eigenvalue weighted by atomic mass is 9.85. The number of hydrogen-bond acceptors (Lipinski definition) is 15. The summed E-state index contributed by atoms with van der Waals surface area (Å²) in [5.41, 5.74) is 1.49. The van der Waals surface area contributed by atoms with Crippen molar-refractivity contribution in [3.8, 4) is 0 Å². The van der Waals surface area contributed by atoms with Crippen LogP contribution in [-0.4, -0.2) is 205 Å². The highest BCUT2D eigenvalue weighted by atomic mass is 16.2. The number of amides is 12.